The summed E-state index contributed by atoms with van der Waals surface area (Å²) in [5.41, 5.74) is 0.355. The molecule has 1 N–H and O–H groups in total. The molecule has 0 aliphatic heterocycles. The number of carboxylic acids is 1. The van der Waals surface area contributed by atoms with Crippen molar-refractivity contribution in [1.82, 2.24) is 0 Å². The molecule has 0 aromatic heterocycles. The van der Waals surface area contributed by atoms with E-state index < -0.39 is 5.97 Å². The zero-order valence-corrected chi connectivity index (χ0v) is 16.5. The van der Waals surface area contributed by atoms with Gasteiger partial charge in [-0.3, -0.25) is 9.59 Å². The van der Waals surface area contributed by atoms with Crippen molar-refractivity contribution >= 4 is 11.9 Å². The van der Waals surface area contributed by atoms with Crippen LogP contribution in [-0.2, 0) is 14.3 Å². The Bertz CT molecular complexity index is 601. The summed E-state index contributed by atoms with van der Waals surface area (Å²) < 4.78 is 5.54. The molecule has 0 unspecified atom stereocenters. The molecule has 0 aromatic carbocycles. The number of rotatable bonds is 2. The number of hydrogen-bond acceptors (Lipinski definition) is 3. The van der Waals surface area contributed by atoms with Crippen molar-refractivity contribution in [3.05, 3.63) is 0 Å². The van der Waals surface area contributed by atoms with Crippen LogP contribution in [0.3, 0.4) is 0 Å². The second-order valence-corrected chi connectivity index (χ2v) is 10.2. The molecule has 4 fully saturated rings. The predicted octanol–water partition coefficient (Wildman–Crippen LogP) is 4.66. The maximum atomic E-state index is 11.8. The fourth-order valence-corrected chi connectivity index (χ4v) is 7.97. The van der Waals surface area contributed by atoms with E-state index in [-0.39, 0.29) is 23.4 Å². The molecule has 4 aliphatic carbocycles. The van der Waals surface area contributed by atoms with Crippen LogP contribution in [0.25, 0.3) is 0 Å². The van der Waals surface area contributed by atoms with Gasteiger partial charge in [-0.15, -0.1) is 0 Å². The number of carboxylic acid groups (broad SMARTS) is 1. The lowest BCUT2D eigenvalue weighted by molar-refractivity contribution is -0.163. The molecule has 0 aromatic rings. The molecule has 0 heterocycles. The summed E-state index contributed by atoms with van der Waals surface area (Å²) in [5, 5.41) is 9.71. The van der Waals surface area contributed by atoms with Gasteiger partial charge in [0.1, 0.15) is 6.10 Å². The number of ether oxygens (including phenoxy) is 1. The van der Waals surface area contributed by atoms with Crippen molar-refractivity contribution in [2.45, 2.75) is 84.7 Å². The van der Waals surface area contributed by atoms with Gasteiger partial charge in [0.05, 0.1) is 5.92 Å². The summed E-state index contributed by atoms with van der Waals surface area (Å²) in [6.07, 6.45) is 9.98. The molecule has 4 rings (SSSR count). The molecule has 0 spiro atoms. The predicted molar refractivity (Wildman–Crippen MR) is 98.4 cm³/mol. The number of carbonyl (C=O) groups excluding carboxylic acids is 1. The number of carbonyl (C=O) groups is 2. The quantitative estimate of drug-likeness (QED) is 0.726. The zero-order valence-electron chi connectivity index (χ0n) is 16.5. The smallest absolute Gasteiger partial charge is 0.307 e. The van der Waals surface area contributed by atoms with E-state index in [1.54, 1.807) is 0 Å². The number of fused-ring (bicyclic) bond motifs is 5. The van der Waals surface area contributed by atoms with E-state index in [9.17, 15) is 14.7 Å². The summed E-state index contributed by atoms with van der Waals surface area (Å²) in [7, 11) is 0. The summed E-state index contributed by atoms with van der Waals surface area (Å²) in [6, 6.07) is 0. The van der Waals surface area contributed by atoms with E-state index in [1.807, 2.05) is 0 Å². The van der Waals surface area contributed by atoms with Crippen LogP contribution < -0.4 is 0 Å². The molecule has 0 amide bonds. The van der Waals surface area contributed by atoms with Crippen LogP contribution in [0.2, 0.25) is 0 Å². The highest BCUT2D eigenvalue weighted by Gasteiger charge is 2.61. The molecule has 0 bridgehead atoms. The summed E-state index contributed by atoms with van der Waals surface area (Å²) >= 11 is 0. The largest absolute Gasteiger partial charge is 0.481 e. The van der Waals surface area contributed by atoms with Gasteiger partial charge < -0.3 is 9.84 Å². The monoisotopic (exact) mass is 362 g/mol. The van der Waals surface area contributed by atoms with E-state index >= 15 is 0 Å². The molecule has 26 heavy (non-hydrogen) atoms. The Labute approximate surface area is 157 Å². The highest BCUT2D eigenvalue weighted by molar-refractivity contribution is 5.71. The van der Waals surface area contributed by atoms with Crippen molar-refractivity contribution < 1.29 is 19.4 Å². The maximum Gasteiger partial charge on any atom is 0.307 e. The highest BCUT2D eigenvalue weighted by atomic mass is 16.5. The average molecular weight is 363 g/mol. The van der Waals surface area contributed by atoms with E-state index in [0.717, 1.165) is 44.4 Å². The second kappa shape index (κ2) is 6.24. The first kappa shape index (κ1) is 18.3. The van der Waals surface area contributed by atoms with Crippen molar-refractivity contribution in [3.8, 4) is 0 Å². The Hall–Kier alpha value is -1.06. The number of hydrogen-bond donors (Lipinski definition) is 1. The molecule has 4 aliphatic rings. The minimum Gasteiger partial charge on any atom is -0.481 e. The normalized spacial score (nSPS) is 50.3. The lowest BCUT2D eigenvalue weighted by Crippen LogP contribution is -2.54. The number of aliphatic carboxylic acids is 1. The standard InChI is InChI=1S/C22H34O4/c1-13(23)26-15-8-10-21(2)14(12-15)4-5-16-17-6-7-19(20(24)25)22(17,3)11-9-18(16)21/h14-19H,4-12H2,1-3H3,(H,24,25)/t14-,15+,16-,17-,18-,19+,21-,22-/m0/s1. The Morgan fingerprint density at radius 2 is 1.62 bits per heavy atom. The maximum absolute atomic E-state index is 11.8. The molecule has 0 saturated heterocycles. The van der Waals surface area contributed by atoms with Crippen LogP contribution in [0.15, 0.2) is 0 Å². The topological polar surface area (TPSA) is 63.6 Å². The molecular weight excluding hydrogens is 328 g/mol. The van der Waals surface area contributed by atoms with Gasteiger partial charge in [-0.25, -0.2) is 0 Å². The molecule has 4 saturated carbocycles. The number of esters is 1. The van der Waals surface area contributed by atoms with Crippen molar-refractivity contribution in [2.24, 2.45) is 40.4 Å². The Kier molecular flexibility index (Phi) is 4.39. The summed E-state index contributed by atoms with van der Waals surface area (Å²) in [5.74, 6) is 1.81. The van der Waals surface area contributed by atoms with Gasteiger partial charge in [-0.05, 0) is 92.3 Å². The third-order valence-corrected chi connectivity index (χ3v) is 9.25. The molecule has 146 valence electrons. The lowest BCUT2D eigenvalue weighted by Gasteiger charge is -2.60. The SMILES string of the molecule is CC(=O)O[C@@H]1CC[C@@]2(C)[C@@H](CC[C@@H]3[C@@H]2CC[C@]2(C)[C@@H](C(=O)O)CC[C@@H]32)C1. The summed E-state index contributed by atoms with van der Waals surface area (Å²) in [6.45, 7) is 6.28. The first-order valence-corrected chi connectivity index (χ1v) is 10.7. The van der Waals surface area contributed by atoms with Gasteiger partial charge in [0.15, 0.2) is 0 Å². The van der Waals surface area contributed by atoms with Crippen LogP contribution in [-0.4, -0.2) is 23.1 Å². The molecule has 0 radical (unpaired) electrons. The molecule has 8 atom stereocenters. The van der Waals surface area contributed by atoms with Gasteiger partial charge in [0, 0.05) is 6.92 Å². The van der Waals surface area contributed by atoms with Crippen LogP contribution in [0.4, 0.5) is 0 Å². The Morgan fingerprint density at radius 1 is 0.923 bits per heavy atom. The van der Waals surface area contributed by atoms with Crippen LogP contribution in [0.5, 0.6) is 0 Å². The highest BCUT2D eigenvalue weighted by Crippen LogP contribution is 2.67. The van der Waals surface area contributed by atoms with Gasteiger partial charge in [-0.2, -0.15) is 0 Å². The lowest BCUT2D eigenvalue weighted by atomic mass is 9.44. The van der Waals surface area contributed by atoms with Gasteiger partial charge in [-0.1, -0.05) is 13.8 Å². The zero-order chi connectivity index (χ0) is 18.7. The van der Waals surface area contributed by atoms with Gasteiger partial charge in [0.25, 0.3) is 0 Å². The fraction of sp³-hybridized carbons (Fsp3) is 0.909. The van der Waals surface area contributed by atoms with E-state index in [4.69, 9.17) is 4.74 Å². The van der Waals surface area contributed by atoms with Gasteiger partial charge in [0.2, 0.25) is 0 Å². The third-order valence-electron chi connectivity index (χ3n) is 9.25. The molecule has 4 heteroatoms. The first-order chi connectivity index (χ1) is 12.3. The molecular formula is C22H34O4. The molecule has 4 nitrogen and oxygen atoms in total. The Balaban J connectivity index is 1.54. The Morgan fingerprint density at radius 3 is 2.31 bits per heavy atom. The van der Waals surface area contributed by atoms with Crippen LogP contribution in [0, 0.1) is 40.4 Å². The van der Waals surface area contributed by atoms with E-state index in [2.05, 4.69) is 13.8 Å². The van der Waals surface area contributed by atoms with E-state index in [1.165, 1.54) is 26.2 Å². The van der Waals surface area contributed by atoms with E-state index in [0.29, 0.717) is 23.2 Å². The van der Waals surface area contributed by atoms with Crippen LogP contribution >= 0.6 is 0 Å². The van der Waals surface area contributed by atoms with Gasteiger partial charge >= 0.3 is 11.9 Å². The van der Waals surface area contributed by atoms with Crippen molar-refractivity contribution in [3.63, 3.8) is 0 Å². The average Bonchev–Trinajstić information content (AvgIpc) is 2.92. The van der Waals surface area contributed by atoms with Crippen LogP contribution in [0.1, 0.15) is 78.6 Å². The minimum absolute atomic E-state index is 0.00510. The fourth-order valence-electron chi connectivity index (χ4n) is 7.97. The summed E-state index contributed by atoms with van der Waals surface area (Å²) in [4.78, 5) is 23.2. The first-order valence-electron chi connectivity index (χ1n) is 10.7. The second-order valence-electron chi connectivity index (χ2n) is 10.2. The minimum atomic E-state index is -0.574. The van der Waals surface area contributed by atoms with Crippen molar-refractivity contribution in [2.75, 3.05) is 0 Å². The van der Waals surface area contributed by atoms with Crippen molar-refractivity contribution in [1.29, 1.82) is 0 Å². The third kappa shape index (κ3) is 2.62.